The van der Waals surface area contributed by atoms with Crippen LogP contribution in [0, 0.1) is 6.92 Å². The molecule has 0 aliphatic rings. The minimum atomic E-state index is -2.61. The van der Waals surface area contributed by atoms with Crippen molar-refractivity contribution in [2.45, 2.75) is 38.8 Å². The van der Waals surface area contributed by atoms with Gasteiger partial charge in [0.05, 0.1) is 6.61 Å². The molecule has 3 aromatic rings. The normalized spacial score (nSPS) is 13.0. The molecule has 1 aromatic heterocycles. The number of nitrogens with zero attached hydrogens (tertiary/aromatic N) is 2. The fourth-order valence-corrected chi connectivity index (χ4v) is 8.10. The lowest BCUT2D eigenvalue weighted by Gasteiger charge is -2.43. The molecule has 0 spiro atoms. The van der Waals surface area contributed by atoms with Crippen LogP contribution in [0.3, 0.4) is 0 Å². The smallest absolute Gasteiger partial charge is 0.261 e. The van der Waals surface area contributed by atoms with E-state index >= 15 is 0 Å². The molecular formula is C21H28ClN3O2Si. The molecule has 2 N–H and O–H groups in total. The van der Waals surface area contributed by atoms with Gasteiger partial charge in [0.25, 0.3) is 8.32 Å². The highest BCUT2D eigenvalue weighted by molar-refractivity contribution is 6.99. The third kappa shape index (κ3) is 4.36. The van der Waals surface area contributed by atoms with E-state index in [1.165, 1.54) is 10.4 Å². The van der Waals surface area contributed by atoms with Crippen molar-refractivity contribution in [3.8, 4) is 0 Å². The number of nitrogens with two attached hydrogens (primary N) is 1. The molecule has 0 fully saturated rings. The van der Waals surface area contributed by atoms with Crippen LogP contribution in [-0.2, 0) is 4.43 Å². The van der Waals surface area contributed by atoms with Crippen molar-refractivity contribution in [3.05, 3.63) is 72.4 Å². The lowest BCUT2D eigenvalue weighted by molar-refractivity contribution is 0.243. The van der Waals surface area contributed by atoms with Crippen molar-refractivity contribution in [2.24, 2.45) is 5.73 Å². The van der Waals surface area contributed by atoms with Crippen LogP contribution in [0.2, 0.25) is 5.04 Å². The first-order valence-electron chi connectivity index (χ1n) is 9.15. The second kappa shape index (κ2) is 9.00. The Balaban J connectivity index is 0.00000280. The number of hydrogen-bond acceptors (Lipinski definition) is 5. The first-order chi connectivity index (χ1) is 12.8. The summed E-state index contributed by atoms with van der Waals surface area (Å²) in [4.78, 5) is 4.25. The topological polar surface area (TPSA) is 74.2 Å². The summed E-state index contributed by atoms with van der Waals surface area (Å²) in [6.45, 7) is 8.81. The summed E-state index contributed by atoms with van der Waals surface area (Å²) in [5, 5.41) is 6.18. The van der Waals surface area contributed by atoms with Crippen molar-refractivity contribution >= 4 is 31.1 Å². The van der Waals surface area contributed by atoms with Crippen LogP contribution in [0.5, 0.6) is 0 Å². The Hall–Kier alpha value is -1.99. The van der Waals surface area contributed by atoms with Crippen molar-refractivity contribution in [3.63, 3.8) is 0 Å². The summed E-state index contributed by atoms with van der Waals surface area (Å²) >= 11 is 0. The van der Waals surface area contributed by atoms with E-state index in [9.17, 15) is 0 Å². The predicted octanol–water partition coefficient (Wildman–Crippen LogP) is 3.38. The summed E-state index contributed by atoms with van der Waals surface area (Å²) in [6.07, 6.45) is 0. The highest BCUT2D eigenvalue weighted by Crippen LogP contribution is 2.37. The molecule has 0 aliphatic heterocycles. The van der Waals surface area contributed by atoms with Gasteiger partial charge in [0.1, 0.15) is 6.04 Å². The number of aromatic nitrogens is 2. The molecule has 0 bridgehead atoms. The Kier molecular flexibility index (Phi) is 7.17. The van der Waals surface area contributed by atoms with E-state index in [4.69, 9.17) is 14.7 Å². The zero-order chi connectivity index (χ0) is 19.5. The van der Waals surface area contributed by atoms with Gasteiger partial charge in [0, 0.05) is 0 Å². The van der Waals surface area contributed by atoms with Gasteiger partial charge >= 0.3 is 0 Å². The summed E-state index contributed by atoms with van der Waals surface area (Å²) in [5.74, 6) is 0.983. The van der Waals surface area contributed by atoms with Crippen LogP contribution in [0.4, 0.5) is 0 Å². The molecule has 0 amide bonds. The molecule has 3 rings (SSSR count). The van der Waals surface area contributed by atoms with Gasteiger partial charge in [0.2, 0.25) is 5.89 Å². The molecule has 0 saturated carbocycles. The van der Waals surface area contributed by atoms with E-state index in [1.54, 1.807) is 6.92 Å². The molecule has 0 radical (unpaired) electrons. The fourth-order valence-electron chi connectivity index (χ4n) is 3.51. The Labute approximate surface area is 173 Å². The molecule has 7 heteroatoms. The highest BCUT2D eigenvalue weighted by atomic mass is 35.5. The van der Waals surface area contributed by atoms with Gasteiger partial charge in [0.15, 0.2) is 5.82 Å². The molecule has 5 nitrogen and oxygen atoms in total. The highest BCUT2D eigenvalue weighted by Gasteiger charge is 2.50. The summed E-state index contributed by atoms with van der Waals surface area (Å²) in [5.41, 5.74) is 6.32. The van der Waals surface area contributed by atoms with Gasteiger partial charge in [-0.05, 0) is 22.3 Å². The Bertz CT molecular complexity index is 827. The van der Waals surface area contributed by atoms with E-state index in [1.807, 2.05) is 12.1 Å². The second-order valence-corrected chi connectivity index (χ2v) is 12.1. The van der Waals surface area contributed by atoms with E-state index in [-0.39, 0.29) is 17.4 Å². The van der Waals surface area contributed by atoms with Crippen molar-refractivity contribution in [2.75, 3.05) is 6.61 Å². The lowest BCUT2D eigenvalue weighted by Crippen LogP contribution is -2.67. The molecular weight excluding hydrogens is 390 g/mol. The van der Waals surface area contributed by atoms with Gasteiger partial charge in [-0.1, -0.05) is 86.6 Å². The van der Waals surface area contributed by atoms with Crippen LogP contribution in [0.15, 0.2) is 65.2 Å². The first kappa shape index (κ1) is 22.3. The minimum Gasteiger partial charge on any atom is -0.405 e. The number of halogens is 1. The second-order valence-electron chi connectivity index (χ2n) is 7.76. The maximum absolute atomic E-state index is 6.78. The minimum absolute atomic E-state index is 0. The number of rotatable bonds is 6. The maximum atomic E-state index is 6.78. The number of hydrogen-bond donors (Lipinski definition) is 1. The quantitative estimate of drug-likeness (QED) is 0.622. The lowest BCUT2D eigenvalue weighted by atomic mass is 10.2. The molecule has 150 valence electrons. The van der Waals surface area contributed by atoms with E-state index < -0.39 is 14.4 Å². The van der Waals surface area contributed by atoms with Crippen LogP contribution >= 0.6 is 12.4 Å². The Morgan fingerprint density at radius 3 is 1.89 bits per heavy atom. The zero-order valence-corrected chi connectivity index (χ0v) is 18.6. The van der Waals surface area contributed by atoms with Gasteiger partial charge in [-0.15, -0.1) is 12.4 Å². The number of aryl methyl sites for hydroxylation is 1. The zero-order valence-electron chi connectivity index (χ0n) is 16.8. The van der Waals surface area contributed by atoms with Crippen molar-refractivity contribution in [1.82, 2.24) is 10.1 Å². The van der Waals surface area contributed by atoms with Crippen LogP contribution < -0.4 is 16.1 Å². The third-order valence-corrected chi connectivity index (χ3v) is 9.76. The maximum Gasteiger partial charge on any atom is 0.261 e. The summed E-state index contributed by atoms with van der Waals surface area (Å²) in [6, 6.07) is 20.5. The van der Waals surface area contributed by atoms with Gasteiger partial charge in [-0.2, -0.15) is 4.98 Å². The molecule has 1 atom stereocenters. The predicted molar refractivity (Wildman–Crippen MR) is 117 cm³/mol. The average Bonchev–Trinajstić information content (AvgIpc) is 3.09. The van der Waals surface area contributed by atoms with Crippen molar-refractivity contribution < 1.29 is 8.95 Å². The Morgan fingerprint density at radius 1 is 1.00 bits per heavy atom. The molecule has 0 unspecified atom stereocenters. The fraction of sp³-hybridized carbons (Fsp3) is 0.333. The van der Waals surface area contributed by atoms with E-state index in [0.29, 0.717) is 18.3 Å². The standard InChI is InChI=1S/C21H27N3O2Si.ClH/c1-16-23-20(26-24-16)19(22)15-25-27(21(2,3)4,17-11-7-5-8-12-17)18-13-9-6-10-14-18;/h5-14,19H,15,22H2,1-4H3;1H/t19-;/m0./s1. The van der Waals surface area contributed by atoms with E-state index in [2.05, 4.69) is 79.4 Å². The van der Waals surface area contributed by atoms with Crippen LogP contribution in [-0.4, -0.2) is 25.1 Å². The summed E-state index contributed by atoms with van der Waals surface area (Å²) in [7, 11) is -2.61. The van der Waals surface area contributed by atoms with Crippen LogP contribution in [0.25, 0.3) is 0 Å². The molecule has 2 aromatic carbocycles. The third-order valence-electron chi connectivity index (χ3n) is 4.76. The largest absolute Gasteiger partial charge is 0.405 e. The van der Waals surface area contributed by atoms with Gasteiger partial charge in [-0.3, -0.25) is 0 Å². The van der Waals surface area contributed by atoms with Gasteiger partial charge in [-0.25, -0.2) is 0 Å². The van der Waals surface area contributed by atoms with Crippen molar-refractivity contribution in [1.29, 1.82) is 0 Å². The molecule has 28 heavy (non-hydrogen) atoms. The summed E-state index contributed by atoms with van der Waals surface area (Å²) < 4.78 is 12.0. The monoisotopic (exact) mass is 417 g/mol. The Morgan fingerprint density at radius 2 is 1.50 bits per heavy atom. The first-order valence-corrected chi connectivity index (χ1v) is 11.1. The number of benzene rings is 2. The molecule has 1 heterocycles. The molecule has 0 saturated heterocycles. The average molecular weight is 418 g/mol. The van der Waals surface area contributed by atoms with Gasteiger partial charge < -0.3 is 14.7 Å². The van der Waals surface area contributed by atoms with Crippen LogP contribution in [0.1, 0.15) is 38.5 Å². The molecule has 0 aliphatic carbocycles. The SMILES string of the molecule is Cc1noc([C@@H](N)CO[Si](c2ccccc2)(c2ccccc2)C(C)(C)C)n1.Cl. The van der Waals surface area contributed by atoms with E-state index in [0.717, 1.165) is 0 Å².